The molecule has 1 aromatic rings. The van der Waals surface area contributed by atoms with Gasteiger partial charge in [-0.3, -0.25) is 9.59 Å². The highest BCUT2D eigenvalue weighted by atomic mass is 16.2. The highest BCUT2D eigenvalue weighted by Gasteiger charge is 2.29. The number of hydrogen-bond donors (Lipinski definition) is 1. The number of nitrogens with one attached hydrogen (secondary N) is 1. The molecule has 23 heavy (non-hydrogen) atoms. The van der Waals surface area contributed by atoms with Crippen LogP contribution in [0.15, 0.2) is 11.0 Å². The van der Waals surface area contributed by atoms with Crippen LogP contribution in [-0.2, 0) is 0 Å². The Morgan fingerprint density at radius 2 is 2.22 bits per heavy atom. The highest BCUT2D eigenvalue weighted by Crippen LogP contribution is 2.23. The molecule has 0 unspecified atom stereocenters. The van der Waals surface area contributed by atoms with Crippen molar-refractivity contribution in [2.75, 3.05) is 27.2 Å². The van der Waals surface area contributed by atoms with Crippen molar-refractivity contribution in [2.24, 2.45) is 0 Å². The molecule has 1 N–H and O–H groups in total. The first kappa shape index (κ1) is 17.2. The largest absolute Gasteiger partial charge is 0.336 e. The molecule has 1 saturated heterocycles. The van der Waals surface area contributed by atoms with Gasteiger partial charge in [0.05, 0.1) is 5.56 Å². The molecule has 2 heterocycles. The number of amides is 1. The third-order valence-electron chi connectivity index (χ3n) is 4.49. The van der Waals surface area contributed by atoms with Gasteiger partial charge in [0.15, 0.2) is 0 Å². The molecule has 0 bridgehead atoms. The topological polar surface area (TPSA) is 80.2 Å². The SMILES string of the molecule is Cc1c(C(=O)N2CCCC[C@H]2CCN(C)C)c[nH]c(=O)c1C#N. The summed E-state index contributed by atoms with van der Waals surface area (Å²) in [6.45, 7) is 3.33. The minimum atomic E-state index is -0.440. The van der Waals surface area contributed by atoms with Gasteiger partial charge in [0, 0.05) is 18.8 Å². The van der Waals surface area contributed by atoms with Crippen molar-refractivity contribution < 1.29 is 4.79 Å². The summed E-state index contributed by atoms with van der Waals surface area (Å²) in [7, 11) is 4.06. The fourth-order valence-corrected chi connectivity index (χ4v) is 3.11. The normalized spacial score (nSPS) is 18.0. The summed E-state index contributed by atoms with van der Waals surface area (Å²) < 4.78 is 0. The van der Waals surface area contributed by atoms with E-state index in [-0.39, 0.29) is 17.5 Å². The van der Waals surface area contributed by atoms with Gasteiger partial charge >= 0.3 is 0 Å². The average Bonchev–Trinajstić information content (AvgIpc) is 2.53. The van der Waals surface area contributed by atoms with E-state index in [2.05, 4.69) is 9.88 Å². The summed E-state index contributed by atoms with van der Waals surface area (Å²) in [6, 6.07) is 2.11. The van der Waals surface area contributed by atoms with Gasteiger partial charge in [-0.2, -0.15) is 5.26 Å². The molecule has 1 aliphatic heterocycles. The van der Waals surface area contributed by atoms with Crippen molar-refractivity contribution in [1.29, 1.82) is 5.26 Å². The van der Waals surface area contributed by atoms with Gasteiger partial charge in [0.1, 0.15) is 11.6 Å². The summed E-state index contributed by atoms with van der Waals surface area (Å²) in [5.41, 5.74) is 0.484. The maximum Gasteiger partial charge on any atom is 0.266 e. The van der Waals surface area contributed by atoms with Crippen LogP contribution in [0.3, 0.4) is 0 Å². The van der Waals surface area contributed by atoms with Crippen LogP contribution < -0.4 is 5.56 Å². The van der Waals surface area contributed by atoms with Gasteiger partial charge in [-0.1, -0.05) is 0 Å². The van der Waals surface area contributed by atoms with E-state index in [9.17, 15) is 9.59 Å². The molecule has 124 valence electrons. The van der Waals surface area contributed by atoms with Gasteiger partial charge < -0.3 is 14.8 Å². The molecule has 0 aliphatic carbocycles. The van der Waals surface area contributed by atoms with Gasteiger partial charge in [0.2, 0.25) is 0 Å². The first-order valence-corrected chi connectivity index (χ1v) is 8.03. The third kappa shape index (κ3) is 3.80. The zero-order chi connectivity index (χ0) is 17.0. The van der Waals surface area contributed by atoms with E-state index in [1.165, 1.54) is 6.20 Å². The summed E-state index contributed by atoms with van der Waals surface area (Å²) in [5, 5.41) is 9.11. The Hall–Kier alpha value is -2.13. The minimum absolute atomic E-state index is 0.0256. The fraction of sp³-hybridized carbons (Fsp3) is 0.588. The first-order valence-electron chi connectivity index (χ1n) is 8.03. The summed E-state index contributed by atoms with van der Waals surface area (Å²) in [4.78, 5) is 31.1. The second-order valence-corrected chi connectivity index (χ2v) is 6.38. The van der Waals surface area contributed by atoms with Gasteiger partial charge in [-0.25, -0.2) is 0 Å². The lowest BCUT2D eigenvalue weighted by Gasteiger charge is -2.36. The molecule has 0 saturated carbocycles. The van der Waals surface area contributed by atoms with Crippen molar-refractivity contribution in [1.82, 2.24) is 14.8 Å². The zero-order valence-electron chi connectivity index (χ0n) is 14.1. The van der Waals surface area contributed by atoms with Gasteiger partial charge in [0.25, 0.3) is 11.5 Å². The summed E-state index contributed by atoms with van der Waals surface area (Å²) in [6.07, 6.45) is 5.52. The molecule has 1 aliphatic rings. The summed E-state index contributed by atoms with van der Waals surface area (Å²) in [5.74, 6) is -0.0845. The molecule has 6 heteroatoms. The van der Waals surface area contributed by atoms with Gasteiger partial charge in [-0.15, -0.1) is 0 Å². The quantitative estimate of drug-likeness (QED) is 0.913. The van der Waals surface area contributed by atoms with E-state index < -0.39 is 5.56 Å². The number of carbonyl (C=O) groups is 1. The van der Waals surface area contributed by atoms with Crippen molar-refractivity contribution in [2.45, 2.75) is 38.6 Å². The van der Waals surface area contributed by atoms with Crippen LogP contribution in [0.4, 0.5) is 0 Å². The predicted molar refractivity (Wildman–Crippen MR) is 88.4 cm³/mol. The number of carbonyl (C=O) groups excluding carboxylic acids is 1. The Labute approximate surface area is 136 Å². The Bertz CT molecular complexity index is 672. The Balaban J connectivity index is 2.27. The molecule has 2 rings (SSSR count). The number of piperidine rings is 1. The molecule has 6 nitrogen and oxygen atoms in total. The molecule has 1 aromatic heterocycles. The maximum absolute atomic E-state index is 12.9. The molecule has 1 fully saturated rings. The first-order chi connectivity index (χ1) is 11.0. The third-order valence-corrected chi connectivity index (χ3v) is 4.49. The number of hydrogen-bond acceptors (Lipinski definition) is 4. The fourth-order valence-electron chi connectivity index (χ4n) is 3.11. The average molecular weight is 316 g/mol. The van der Waals surface area contributed by atoms with Crippen LogP contribution in [-0.4, -0.2) is 53.9 Å². The van der Waals surface area contributed by atoms with Crippen LogP contribution >= 0.6 is 0 Å². The van der Waals surface area contributed by atoms with Crippen LogP contribution in [0, 0.1) is 18.3 Å². The van der Waals surface area contributed by atoms with Crippen LogP contribution in [0.2, 0.25) is 0 Å². The Kier molecular flexibility index (Phi) is 5.56. The van der Waals surface area contributed by atoms with Gasteiger partial charge in [-0.05, 0) is 58.8 Å². The van der Waals surface area contributed by atoms with Crippen molar-refractivity contribution in [3.8, 4) is 6.07 Å². The Morgan fingerprint density at radius 3 is 2.87 bits per heavy atom. The monoisotopic (exact) mass is 316 g/mol. The zero-order valence-corrected chi connectivity index (χ0v) is 14.1. The molecule has 0 radical (unpaired) electrons. The van der Waals surface area contributed by atoms with E-state index >= 15 is 0 Å². The lowest BCUT2D eigenvalue weighted by atomic mass is 9.97. The molecule has 0 aromatic carbocycles. The van der Waals surface area contributed by atoms with E-state index in [4.69, 9.17) is 5.26 Å². The van der Waals surface area contributed by atoms with Crippen molar-refractivity contribution in [3.63, 3.8) is 0 Å². The maximum atomic E-state index is 12.9. The van der Waals surface area contributed by atoms with Crippen LogP contribution in [0.1, 0.15) is 47.2 Å². The van der Waals surface area contributed by atoms with E-state index in [1.807, 2.05) is 25.1 Å². The number of likely N-dealkylation sites (tertiary alicyclic amines) is 1. The highest BCUT2D eigenvalue weighted by molar-refractivity contribution is 5.96. The number of nitrogens with zero attached hydrogens (tertiary/aromatic N) is 3. The molecular formula is C17H24N4O2. The number of rotatable bonds is 4. The molecule has 1 atom stereocenters. The number of aromatic nitrogens is 1. The van der Waals surface area contributed by atoms with E-state index in [1.54, 1.807) is 6.92 Å². The second kappa shape index (κ2) is 7.42. The Morgan fingerprint density at radius 1 is 1.48 bits per heavy atom. The van der Waals surface area contributed by atoms with E-state index in [0.29, 0.717) is 11.1 Å². The van der Waals surface area contributed by atoms with E-state index in [0.717, 1.165) is 38.8 Å². The van der Waals surface area contributed by atoms with Crippen molar-refractivity contribution >= 4 is 5.91 Å². The standard InChI is InChI=1S/C17H24N4O2/c1-12-14(10-18)16(22)19-11-15(12)17(23)21-8-5-4-6-13(21)7-9-20(2)3/h11,13H,4-9H2,1-3H3,(H,19,22)/t13-/m0/s1. The number of H-pyrrole nitrogens is 1. The van der Waals surface area contributed by atoms with Crippen LogP contribution in [0.25, 0.3) is 0 Å². The minimum Gasteiger partial charge on any atom is -0.336 e. The summed E-state index contributed by atoms with van der Waals surface area (Å²) >= 11 is 0. The lowest BCUT2D eigenvalue weighted by Crippen LogP contribution is -2.45. The number of nitriles is 1. The van der Waals surface area contributed by atoms with Crippen molar-refractivity contribution in [3.05, 3.63) is 33.2 Å². The number of pyridine rings is 1. The second-order valence-electron chi connectivity index (χ2n) is 6.38. The molecule has 1 amide bonds. The molecule has 0 spiro atoms. The smallest absolute Gasteiger partial charge is 0.266 e. The molecular weight excluding hydrogens is 292 g/mol. The predicted octanol–water partition coefficient (Wildman–Crippen LogP) is 1.50. The number of aromatic amines is 1. The van der Waals surface area contributed by atoms with Crippen LogP contribution in [0.5, 0.6) is 0 Å². The lowest BCUT2D eigenvalue weighted by molar-refractivity contribution is 0.0590.